The van der Waals surface area contributed by atoms with Crippen LogP contribution in [-0.4, -0.2) is 11.7 Å². The highest BCUT2D eigenvalue weighted by molar-refractivity contribution is 8.00. The summed E-state index contributed by atoms with van der Waals surface area (Å²) >= 11 is 7.60. The summed E-state index contributed by atoms with van der Waals surface area (Å²) in [5, 5.41) is 3.77. The maximum Gasteiger partial charge on any atom is 0.234 e. The maximum absolute atomic E-state index is 12.5. The number of hydrogen-bond donors (Lipinski definition) is 1. The minimum atomic E-state index is -0.0164. The van der Waals surface area contributed by atoms with Crippen molar-refractivity contribution in [1.29, 1.82) is 0 Å². The number of nitrogens with one attached hydrogen (secondary N) is 1. The molecule has 1 amide bonds. The molecule has 4 heteroatoms. The third-order valence-electron chi connectivity index (χ3n) is 4.05. The molecule has 0 aromatic heterocycles. The number of anilines is 1. The third-order valence-corrected chi connectivity index (χ3v) is 5.59. The van der Waals surface area contributed by atoms with Gasteiger partial charge in [-0.05, 0) is 41.8 Å². The van der Waals surface area contributed by atoms with Gasteiger partial charge >= 0.3 is 0 Å². The van der Waals surface area contributed by atoms with Crippen LogP contribution in [0.2, 0.25) is 5.02 Å². The summed E-state index contributed by atoms with van der Waals surface area (Å²) in [5.41, 5.74) is 4.15. The number of rotatable bonds is 6. The Labute approximate surface area is 163 Å². The van der Waals surface area contributed by atoms with Crippen LogP contribution in [0.5, 0.6) is 0 Å². The number of hydrogen-bond acceptors (Lipinski definition) is 2. The van der Waals surface area contributed by atoms with Crippen LogP contribution in [-0.2, 0) is 4.79 Å². The number of carbonyl (C=O) groups excluding carboxylic acids is 1. The predicted molar refractivity (Wildman–Crippen MR) is 112 cm³/mol. The summed E-state index contributed by atoms with van der Waals surface area (Å²) in [6.45, 7) is 1.94. The van der Waals surface area contributed by atoms with Crippen molar-refractivity contribution in [3.05, 3.63) is 101 Å². The second-order valence-corrected chi connectivity index (χ2v) is 7.55. The van der Waals surface area contributed by atoms with Crippen LogP contribution in [0.3, 0.4) is 0 Å². The monoisotopic (exact) mass is 381 g/mol. The summed E-state index contributed by atoms with van der Waals surface area (Å²) in [6, 6.07) is 26.0. The molecule has 26 heavy (non-hydrogen) atoms. The van der Waals surface area contributed by atoms with Crippen LogP contribution in [0, 0.1) is 6.92 Å². The smallest absolute Gasteiger partial charge is 0.234 e. The average Bonchev–Trinajstić information content (AvgIpc) is 2.66. The van der Waals surface area contributed by atoms with Gasteiger partial charge in [-0.1, -0.05) is 72.3 Å². The van der Waals surface area contributed by atoms with Crippen molar-refractivity contribution in [3.8, 4) is 0 Å². The van der Waals surface area contributed by atoms with Gasteiger partial charge in [0.1, 0.15) is 0 Å². The van der Waals surface area contributed by atoms with Gasteiger partial charge in [0.05, 0.1) is 11.0 Å². The minimum Gasteiger partial charge on any atom is -0.325 e. The molecule has 0 radical (unpaired) electrons. The van der Waals surface area contributed by atoms with Crippen LogP contribution in [0.25, 0.3) is 0 Å². The largest absolute Gasteiger partial charge is 0.325 e. The second-order valence-electron chi connectivity index (χ2n) is 6.02. The molecule has 3 aromatic carbocycles. The fourth-order valence-corrected chi connectivity index (χ4v) is 4.07. The molecule has 0 aliphatic heterocycles. The molecule has 132 valence electrons. The molecule has 0 aliphatic rings. The molecule has 0 saturated carbocycles. The standard InChI is InChI=1S/C22H20ClNOS/c1-16-14-19(23)12-13-20(16)24-21(25)15-26-22(17-8-4-2-5-9-17)18-10-6-3-7-11-18/h2-14,22H,15H2,1H3,(H,24,25). The highest BCUT2D eigenvalue weighted by Crippen LogP contribution is 2.35. The first-order valence-electron chi connectivity index (χ1n) is 8.41. The Hall–Kier alpha value is -2.23. The van der Waals surface area contributed by atoms with Gasteiger partial charge in [0.2, 0.25) is 5.91 Å². The van der Waals surface area contributed by atoms with E-state index < -0.39 is 0 Å². The lowest BCUT2D eigenvalue weighted by atomic mass is 10.0. The fraction of sp³-hybridized carbons (Fsp3) is 0.136. The Morgan fingerprint density at radius 1 is 0.962 bits per heavy atom. The lowest BCUT2D eigenvalue weighted by Gasteiger charge is -2.18. The predicted octanol–water partition coefficient (Wildman–Crippen LogP) is 6.11. The van der Waals surface area contributed by atoms with E-state index in [0.717, 1.165) is 11.3 Å². The molecular formula is C22H20ClNOS. The molecule has 0 saturated heterocycles. The summed E-state index contributed by atoms with van der Waals surface area (Å²) in [4.78, 5) is 12.5. The maximum atomic E-state index is 12.5. The molecule has 2 nitrogen and oxygen atoms in total. The van der Waals surface area contributed by atoms with E-state index in [1.54, 1.807) is 17.8 Å². The van der Waals surface area contributed by atoms with Crippen LogP contribution in [0.1, 0.15) is 21.9 Å². The Morgan fingerprint density at radius 2 is 1.54 bits per heavy atom. The van der Waals surface area contributed by atoms with Gasteiger partial charge in [0, 0.05) is 10.7 Å². The molecule has 0 spiro atoms. The molecule has 0 atom stereocenters. The van der Waals surface area contributed by atoms with E-state index in [9.17, 15) is 4.79 Å². The Morgan fingerprint density at radius 3 is 2.08 bits per heavy atom. The van der Waals surface area contributed by atoms with Gasteiger partial charge in [-0.3, -0.25) is 4.79 Å². The first kappa shape index (κ1) is 18.6. The Balaban J connectivity index is 1.71. The molecule has 0 unspecified atom stereocenters. The Kier molecular flexibility index (Phi) is 6.37. The van der Waals surface area contributed by atoms with Crippen molar-refractivity contribution < 1.29 is 4.79 Å². The molecule has 1 N–H and O–H groups in total. The third kappa shape index (κ3) is 4.90. The molecule has 3 aromatic rings. The normalized spacial score (nSPS) is 10.7. The zero-order valence-electron chi connectivity index (χ0n) is 14.5. The average molecular weight is 382 g/mol. The van der Waals surface area contributed by atoms with Gasteiger partial charge in [0.25, 0.3) is 0 Å². The summed E-state index contributed by atoms with van der Waals surface area (Å²) < 4.78 is 0. The van der Waals surface area contributed by atoms with E-state index in [0.29, 0.717) is 10.8 Å². The SMILES string of the molecule is Cc1cc(Cl)ccc1NC(=O)CSC(c1ccccc1)c1ccccc1. The quantitative estimate of drug-likeness (QED) is 0.558. The minimum absolute atomic E-state index is 0.0164. The van der Waals surface area contributed by atoms with Crippen LogP contribution in [0.15, 0.2) is 78.9 Å². The summed E-state index contributed by atoms with van der Waals surface area (Å²) in [7, 11) is 0. The van der Waals surface area contributed by atoms with Crippen molar-refractivity contribution >= 4 is 35.0 Å². The Bertz CT molecular complexity index is 828. The summed E-state index contributed by atoms with van der Waals surface area (Å²) in [6.07, 6.45) is 0. The highest BCUT2D eigenvalue weighted by Gasteiger charge is 2.16. The van der Waals surface area contributed by atoms with Crippen LogP contribution in [0.4, 0.5) is 5.69 Å². The topological polar surface area (TPSA) is 29.1 Å². The van der Waals surface area contributed by atoms with Crippen LogP contribution < -0.4 is 5.32 Å². The summed E-state index contributed by atoms with van der Waals surface area (Å²) in [5.74, 6) is 0.355. The lowest BCUT2D eigenvalue weighted by molar-refractivity contribution is -0.113. The van der Waals surface area contributed by atoms with Crippen LogP contribution >= 0.6 is 23.4 Å². The molecule has 0 heterocycles. The van der Waals surface area contributed by atoms with Gasteiger partial charge in [-0.25, -0.2) is 0 Å². The zero-order valence-corrected chi connectivity index (χ0v) is 16.1. The van der Waals surface area contributed by atoms with Gasteiger partial charge in [-0.2, -0.15) is 0 Å². The van der Waals surface area contributed by atoms with E-state index in [-0.39, 0.29) is 11.2 Å². The van der Waals surface area contributed by atoms with Gasteiger partial charge in [0.15, 0.2) is 0 Å². The number of thioether (sulfide) groups is 1. The van der Waals surface area contributed by atoms with Crippen molar-refractivity contribution in [1.82, 2.24) is 0 Å². The fourth-order valence-electron chi connectivity index (χ4n) is 2.75. The molecule has 0 aliphatic carbocycles. The van der Waals surface area contributed by atoms with E-state index in [1.165, 1.54) is 11.1 Å². The molecule has 0 fully saturated rings. The molecular weight excluding hydrogens is 362 g/mol. The lowest BCUT2D eigenvalue weighted by Crippen LogP contribution is -2.16. The van der Waals surface area contributed by atoms with E-state index in [2.05, 4.69) is 29.6 Å². The van der Waals surface area contributed by atoms with E-state index in [4.69, 9.17) is 11.6 Å². The zero-order chi connectivity index (χ0) is 18.4. The first-order valence-corrected chi connectivity index (χ1v) is 9.83. The highest BCUT2D eigenvalue weighted by atomic mass is 35.5. The van der Waals surface area contributed by atoms with Crippen molar-refractivity contribution in [2.45, 2.75) is 12.2 Å². The van der Waals surface area contributed by atoms with Crippen molar-refractivity contribution in [2.24, 2.45) is 0 Å². The first-order chi connectivity index (χ1) is 12.6. The number of amides is 1. The number of carbonyl (C=O) groups is 1. The van der Waals surface area contributed by atoms with Crippen molar-refractivity contribution in [3.63, 3.8) is 0 Å². The van der Waals surface area contributed by atoms with E-state index >= 15 is 0 Å². The molecule has 3 rings (SSSR count). The second kappa shape index (κ2) is 8.93. The van der Waals surface area contributed by atoms with Gasteiger partial charge < -0.3 is 5.32 Å². The van der Waals surface area contributed by atoms with Crippen molar-refractivity contribution in [2.75, 3.05) is 11.1 Å². The number of aryl methyl sites for hydroxylation is 1. The number of halogens is 1. The van der Waals surface area contributed by atoms with E-state index in [1.807, 2.05) is 55.5 Å². The molecule has 0 bridgehead atoms. The van der Waals surface area contributed by atoms with Gasteiger partial charge in [-0.15, -0.1) is 11.8 Å². The number of benzene rings is 3.